The molecule has 2 aromatic carbocycles. The first kappa shape index (κ1) is 19.6. The van der Waals surface area contributed by atoms with Crippen LogP contribution in [0.2, 0.25) is 0 Å². The molecule has 0 aliphatic rings. The van der Waals surface area contributed by atoms with Gasteiger partial charge in [-0.1, -0.05) is 35.4 Å². The highest BCUT2D eigenvalue weighted by Crippen LogP contribution is 2.08. The van der Waals surface area contributed by atoms with Crippen LogP contribution in [-0.2, 0) is 9.47 Å². The Hall–Kier alpha value is -2.70. The molecule has 2 aromatic rings. The number of esters is 2. The summed E-state index contributed by atoms with van der Waals surface area (Å²) in [6.45, 7) is 2.98. The number of carbonyl (C=O) groups is 2. The minimum atomic E-state index is -1.37. The number of aliphatic hydroxyl groups is 2. The second-order valence-corrected chi connectivity index (χ2v) is 6.06. The summed E-state index contributed by atoms with van der Waals surface area (Å²) in [5, 5.41) is 19.7. The SMILES string of the molecule is Cc1ccc(C(=O)OCC(O)C(O)COC(=O)c2ccc(C)cc2)cc1. The van der Waals surface area contributed by atoms with Crippen molar-refractivity contribution < 1.29 is 29.3 Å². The molecule has 0 amide bonds. The molecule has 2 unspecified atom stereocenters. The van der Waals surface area contributed by atoms with Crippen molar-refractivity contribution in [3.05, 3.63) is 70.8 Å². The molecule has 0 aromatic heterocycles. The first-order valence-corrected chi connectivity index (χ1v) is 8.20. The topological polar surface area (TPSA) is 93.1 Å². The number of carbonyl (C=O) groups excluding carboxylic acids is 2. The minimum Gasteiger partial charge on any atom is -0.459 e. The van der Waals surface area contributed by atoms with Gasteiger partial charge in [-0.3, -0.25) is 0 Å². The van der Waals surface area contributed by atoms with Crippen molar-refractivity contribution in [2.45, 2.75) is 26.1 Å². The van der Waals surface area contributed by atoms with Gasteiger partial charge >= 0.3 is 11.9 Å². The molecular formula is C20H22O6. The van der Waals surface area contributed by atoms with Crippen molar-refractivity contribution in [2.24, 2.45) is 0 Å². The van der Waals surface area contributed by atoms with E-state index >= 15 is 0 Å². The highest BCUT2D eigenvalue weighted by Gasteiger charge is 2.21. The monoisotopic (exact) mass is 358 g/mol. The normalized spacial score (nSPS) is 12.9. The Balaban J connectivity index is 1.77. The molecule has 0 spiro atoms. The summed E-state index contributed by atoms with van der Waals surface area (Å²) in [6.07, 6.45) is -2.73. The fourth-order valence-electron chi connectivity index (χ4n) is 2.09. The zero-order chi connectivity index (χ0) is 19.1. The highest BCUT2D eigenvalue weighted by molar-refractivity contribution is 5.89. The second kappa shape index (κ2) is 9.12. The lowest BCUT2D eigenvalue weighted by molar-refractivity contribution is -0.0529. The Kier molecular flexibility index (Phi) is 6.89. The van der Waals surface area contributed by atoms with E-state index in [1.54, 1.807) is 48.5 Å². The third-order valence-corrected chi connectivity index (χ3v) is 3.79. The van der Waals surface area contributed by atoms with Gasteiger partial charge in [-0.2, -0.15) is 0 Å². The zero-order valence-electron chi connectivity index (χ0n) is 14.7. The van der Waals surface area contributed by atoms with Crippen LogP contribution in [0.5, 0.6) is 0 Å². The summed E-state index contributed by atoms with van der Waals surface area (Å²) in [7, 11) is 0. The van der Waals surface area contributed by atoms with Crippen molar-refractivity contribution in [3.63, 3.8) is 0 Å². The fourth-order valence-corrected chi connectivity index (χ4v) is 2.09. The summed E-state index contributed by atoms with van der Waals surface area (Å²) in [4.78, 5) is 23.7. The molecule has 2 N–H and O–H groups in total. The van der Waals surface area contributed by atoms with Gasteiger partial charge in [0.15, 0.2) is 0 Å². The number of rotatable bonds is 7. The average Bonchev–Trinajstić information content (AvgIpc) is 2.64. The molecule has 0 heterocycles. The molecule has 2 rings (SSSR count). The van der Waals surface area contributed by atoms with E-state index in [0.29, 0.717) is 11.1 Å². The molecule has 6 heteroatoms. The third kappa shape index (κ3) is 5.68. The van der Waals surface area contributed by atoms with Crippen molar-refractivity contribution in [3.8, 4) is 0 Å². The molecule has 0 bridgehead atoms. The minimum absolute atomic E-state index is 0.350. The van der Waals surface area contributed by atoms with Gasteiger partial charge < -0.3 is 19.7 Å². The van der Waals surface area contributed by atoms with Crippen LogP contribution in [0.25, 0.3) is 0 Å². The fraction of sp³-hybridized carbons (Fsp3) is 0.300. The lowest BCUT2D eigenvalue weighted by atomic mass is 10.1. The number of aliphatic hydroxyl groups excluding tert-OH is 2. The van der Waals surface area contributed by atoms with Gasteiger partial charge in [-0.25, -0.2) is 9.59 Å². The van der Waals surface area contributed by atoms with Crippen LogP contribution in [-0.4, -0.2) is 47.6 Å². The van der Waals surface area contributed by atoms with Crippen molar-refractivity contribution in [1.29, 1.82) is 0 Å². The van der Waals surface area contributed by atoms with Gasteiger partial charge in [0, 0.05) is 0 Å². The largest absolute Gasteiger partial charge is 0.459 e. The third-order valence-electron chi connectivity index (χ3n) is 3.79. The lowest BCUT2D eigenvalue weighted by Crippen LogP contribution is -2.35. The van der Waals surface area contributed by atoms with Gasteiger partial charge in [0.05, 0.1) is 11.1 Å². The van der Waals surface area contributed by atoms with Crippen LogP contribution in [0, 0.1) is 13.8 Å². The first-order valence-electron chi connectivity index (χ1n) is 8.20. The second-order valence-electron chi connectivity index (χ2n) is 6.06. The van der Waals surface area contributed by atoms with E-state index < -0.39 is 37.4 Å². The molecule has 0 aliphatic heterocycles. The van der Waals surface area contributed by atoms with Crippen molar-refractivity contribution in [2.75, 3.05) is 13.2 Å². The summed E-state index contributed by atoms with van der Waals surface area (Å²) in [5.74, 6) is -1.21. The molecule has 2 atom stereocenters. The van der Waals surface area contributed by atoms with Crippen molar-refractivity contribution >= 4 is 11.9 Å². The summed E-state index contributed by atoms with van der Waals surface area (Å²) in [5.41, 5.74) is 2.71. The molecular weight excluding hydrogens is 336 g/mol. The zero-order valence-corrected chi connectivity index (χ0v) is 14.7. The molecule has 6 nitrogen and oxygen atoms in total. The Morgan fingerprint density at radius 1 is 0.731 bits per heavy atom. The lowest BCUT2D eigenvalue weighted by Gasteiger charge is -2.17. The van der Waals surface area contributed by atoms with Crippen LogP contribution in [0.3, 0.4) is 0 Å². The number of hydrogen-bond donors (Lipinski definition) is 2. The molecule has 138 valence electrons. The maximum Gasteiger partial charge on any atom is 0.338 e. The predicted octanol–water partition coefficient (Wildman–Crippen LogP) is 2.04. The van der Waals surface area contributed by atoms with Crippen LogP contribution in [0.4, 0.5) is 0 Å². The Labute approximate surface area is 152 Å². The molecule has 26 heavy (non-hydrogen) atoms. The number of ether oxygens (including phenoxy) is 2. The highest BCUT2D eigenvalue weighted by atomic mass is 16.6. The Morgan fingerprint density at radius 3 is 1.35 bits per heavy atom. The van der Waals surface area contributed by atoms with E-state index in [1.807, 2.05) is 13.8 Å². The quantitative estimate of drug-likeness (QED) is 0.736. The average molecular weight is 358 g/mol. The summed E-state index contributed by atoms with van der Waals surface area (Å²) >= 11 is 0. The molecule has 0 aliphatic carbocycles. The first-order chi connectivity index (χ1) is 12.4. The van der Waals surface area contributed by atoms with E-state index in [1.165, 1.54) is 0 Å². The Morgan fingerprint density at radius 2 is 1.04 bits per heavy atom. The van der Waals surface area contributed by atoms with E-state index in [-0.39, 0.29) is 0 Å². The van der Waals surface area contributed by atoms with Crippen LogP contribution < -0.4 is 0 Å². The smallest absolute Gasteiger partial charge is 0.338 e. The summed E-state index contributed by atoms with van der Waals surface area (Å²) in [6, 6.07) is 13.5. The standard InChI is InChI=1S/C20H22O6/c1-13-3-7-15(8-4-13)19(23)25-11-17(21)18(22)12-26-20(24)16-9-5-14(2)6-10-16/h3-10,17-18,21-22H,11-12H2,1-2H3. The maximum absolute atomic E-state index is 11.9. The van der Waals surface area contributed by atoms with Gasteiger partial charge in [0.1, 0.15) is 25.4 Å². The maximum atomic E-state index is 11.9. The van der Waals surface area contributed by atoms with Gasteiger partial charge in [-0.15, -0.1) is 0 Å². The van der Waals surface area contributed by atoms with Gasteiger partial charge in [-0.05, 0) is 38.1 Å². The predicted molar refractivity (Wildman–Crippen MR) is 94.9 cm³/mol. The molecule has 0 fully saturated rings. The number of aryl methyl sites for hydroxylation is 2. The van der Waals surface area contributed by atoms with E-state index in [2.05, 4.69) is 0 Å². The molecule has 0 radical (unpaired) electrons. The van der Waals surface area contributed by atoms with Crippen LogP contribution in [0.1, 0.15) is 31.8 Å². The number of benzene rings is 2. The number of hydrogen-bond acceptors (Lipinski definition) is 6. The molecule has 0 saturated heterocycles. The van der Waals surface area contributed by atoms with E-state index in [0.717, 1.165) is 11.1 Å². The van der Waals surface area contributed by atoms with E-state index in [4.69, 9.17) is 9.47 Å². The van der Waals surface area contributed by atoms with E-state index in [9.17, 15) is 19.8 Å². The van der Waals surface area contributed by atoms with Crippen molar-refractivity contribution in [1.82, 2.24) is 0 Å². The van der Waals surface area contributed by atoms with Gasteiger partial charge in [0.25, 0.3) is 0 Å². The van der Waals surface area contributed by atoms with Crippen LogP contribution >= 0.6 is 0 Å². The summed E-state index contributed by atoms with van der Waals surface area (Å²) < 4.78 is 9.93. The Bertz CT molecular complexity index is 670. The van der Waals surface area contributed by atoms with Gasteiger partial charge in [0.2, 0.25) is 0 Å². The molecule has 0 saturated carbocycles. The van der Waals surface area contributed by atoms with Crippen LogP contribution in [0.15, 0.2) is 48.5 Å².